The van der Waals surface area contributed by atoms with Gasteiger partial charge in [-0.15, -0.1) is 0 Å². The van der Waals surface area contributed by atoms with Crippen LogP contribution in [0.15, 0.2) is 24.3 Å². The quantitative estimate of drug-likeness (QED) is 0.895. The van der Waals surface area contributed by atoms with E-state index in [1.807, 2.05) is 19.1 Å². The van der Waals surface area contributed by atoms with Gasteiger partial charge < -0.3 is 15.0 Å². The summed E-state index contributed by atoms with van der Waals surface area (Å²) in [5.41, 5.74) is 0.360. The highest BCUT2D eigenvalue weighted by Gasteiger charge is 2.19. The molecule has 1 atom stereocenters. The molecule has 0 radical (unpaired) electrons. The smallest absolute Gasteiger partial charge is 0.407 e. The van der Waals surface area contributed by atoms with Gasteiger partial charge >= 0.3 is 6.09 Å². The molecular formula is C17H25ClN2O3. The Kier molecular flexibility index (Phi) is 6.88. The zero-order valence-corrected chi connectivity index (χ0v) is 15.1. The lowest BCUT2D eigenvalue weighted by Gasteiger charge is -2.25. The summed E-state index contributed by atoms with van der Waals surface area (Å²) in [6.07, 6.45) is -0.184. The summed E-state index contributed by atoms with van der Waals surface area (Å²) in [5.74, 6) is -0.0230. The van der Waals surface area contributed by atoms with E-state index in [1.165, 1.54) is 0 Å². The average Bonchev–Trinajstić information content (AvgIpc) is 2.38. The number of amides is 2. The Morgan fingerprint density at radius 2 is 1.83 bits per heavy atom. The van der Waals surface area contributed by atoms with Gasteiger partial charge in [-0.2, -0.15) is 0 Å². The summed E-state index contributed by atoms with van der Waals surface area (Å²) in [6.45, 7) is 7.65. The van der Waals surface area contributed by atoms with Gasteiger partial charge in [0.15, 0.2) is 0 Å². The van der Waals surface area contributed by atoms with Crippen molar-refractivity contribution in [2.24, 2.45) is 0 Å². The zero-order valence-electron chi connectivity index (χ0n) is 14.4. The number of halogens is 1. The SMILES string of the molecule is C[C@@H](CN(C)C(=O)Cc1ccc(Cl)cc1)NC(=O)OC(C)(C)C. The third-order valence-corrected chi connectivity index (χ3v) is 3.26. The van der Waals surface area contributed by atoms with E-state index in [2.05, 4.69) is 5.32 Å². The van der Waals surface area contributed by atoms with Gasteiger partial charge in [0.2, 0.25) is 5.91 Å². The summed E-state index contributed by atoms with van der Waals surface area (Å²) in [5, 5.41) is 3.36. The summed E-state index contributed by atoms with van der Waals surface area (Å²) < 4.78 is 5.19. The molecule has 23 heavy (non-hydrogen) atoms. The van der Waals surface area contributed by atoms with Crippen LogP contribution in [0.1, 0.15) is 33.3 Å². The first-order valence-corrected chi connectivity index (χ1v) is 7.92. The molecule has 1 N–H and O–H groups in total. The molecule has 0 saturated heterocycles. The van der Waals surface area contributed by atoms with Crippen molar-refractivity contribution in [1.29, 1.82) is 0 Å². The number of likely N-dealkylation sites (N-methyl/N-ethyl adjacent to an activating group) is 1. The van der Waals surface area contributed by atoms with Gasteiger partial charge in [-0.1, -0.05) is 23.7 Å². The molecule has 0 heterocycles. The van der Waals surface area contributed by atoms with E-state index in [-0.39, 0.29) is 11.9 Å². The highest BCUT2D eigenvalue weighted by molar-refractivity contribution is 6.30. The lowest BCUT2D eigenvalue weighted by molar-refractivity contribution is -0.129. The number of hydrogen-bond donors (Lipinski definition) is 1. The number of ether oxygens (including phenoxy) is 1. The van der Waals surface area contributed by atoms with Crippen molar-refractivity contribution in [2.75, 3.05) is 13.6 Å². The molecule has 5 nitrogen and oxygen atoms in total. The van der Waals surface area contributed by atoms with Crippen LogP contribution in [-0.4, -0.2) is 42.1 Å². The summed E-state index contributed by atoms with van der Waals surface area (Å²) >= 11 is 5.83. The lowest BCUT2D eigenvalue weighted by atomic mass is 10.1. The van der Waals surface area contributed by atoms with Gasteiger partial charge in [-0.05, 0) is 45.4 Å². The first kappa shape index (κ1) is 19.3. The molecule has 6 heteroatoms. The minimum absolute atomic E-state index is 0.0230. The predicted molar refractivity (Wildman–Crippen MR) is 91.6 cm³/mol. The first-order chi connectivity index (χ1) is 10.6. The fourth-order valence-corrected chi connectivity index (χ4v) is 2.10. The fraction of sp³-hybridized carbons (Fsp3) is 0.529. The third-order valence-electron chi connectivity index (χ3n) is 3.01. The second-order valence-electron chi connectivity index (χ2n) is 6.62. The molecule has 0 aliphatic carbocycles. The summed E-state index contributed by atoms with van der Waals surface area (Å²) in [4.78, 5) is 25.5. The Bertz CT molecular complexity index is 538. The molecule has 0 bridgehead atoms. The molecule has 0 spiro atoms. The largest absolute Gasteiger partial charge is 0.444 e. The van der Waals surface area contributed by atoms with Crippen LogP contribution in [0.5, 0.6) is 0 Å². The van der Waals surface area contributed by atoms with Crippen LogP contribution in [0.4, 0.5) is 4.79 Å². The number of alkyl carbamates (subject to hydrolysis) is 1. The van der Waals surface area contributed by atoms with E-state index in [0.717, 1.165) is 5.56 Å². The molecule has 0 saturated carbocycles. The van der Waals surface area contributed by atoms with Gasteiger partial charge in [0.1, 0.15) is 5.60 Å². The number of hydrogen-bond acceptors (Lipinski definition) is 3. The maximum Gasteiger partial charge on any atom is 0.407 e. The van der Waals surface area contributed by atoms with E-state index in [9.17, 15) is 9.59 Å². The number of benzene rings is 1. The maximum atomic E-state index is 12.2. The molecule has 0 unspecified atom stereocenters. The molecule has 0 aromatic heterocycles. The minimum atomic E-state index is -0.542. The number of nitrogens with zero attached hydrogens (tertiary/aromatic N) is 1. The van der Waals surface area contributed by atoms with Crippen LogP contribution >= 0.6 is 11.6 Å². The maximum absolute atomic E-state index is 12.2. The van der Waals surface area contributed by atoms with Crippen molar-refractivity contribution in [3.8, 4) is 0 Å². The van der Waals surface area contributed by atoms with E-state index < -0.39 is 11.7 Å². The van der Waals surface area contributed by atoms with Crippen LogP contribution < -0.4 is 5.32 Å². The van der Waals surface area contributed by atoms with E-state index in [0.29, 0.717) is 18.0 Å². The van der Waals surface area contributed by atoms with Gasteiger partial charge in [-0.3, -0.25) is 4.79 Å². The highest BCUT2D eigenvalue weighted by atomic mass is 35.5. The Hall–Kier alpha value is -1.75. The Morgan fingerprint density at radius 1 is 1.26 bits per heavy atom. The topological polar surface area (TPSA) is 58.6 Å². The highest BCUT2D eigenvalue weighted by Crippen LogP contribution is 2.11. The van der Waals surface area contributed by atoms with Crippen molar-refractivity contribution in [1.82, 2.24) is 10.2 Å². The van der Waals surface area contributed by atoms with E-state index in [4.69, 9.17) is 16.3 Å². The van der Waals surface area contributed by atoms with Crippen molar-refractivity contribution in [3.63, 3.8) is 0 Å². The predicted octanol–water partition coefficient (Wildman–Crippen LogP) is 3.25. The number of carbonyl (C=O) groups is 2. The molecule has 0 aliphatic heterocycles. The normalized spacial score (nSPS) is 12.4. The number of nitrogens with one attached hydrogen (secondary N) is 1. The second kappa shape index (κ2) is 8.20. The molecule has 1 aromatic rings. The lowest BCUT2D eigenvalue weighted by Crippen LogP contribution is -2.44. The van der Waals surface area contributed by atoms with Gasteiger partial charge in [0, 0.05) is 24.7 Å². The van der Waals surface area contributed by atoms with Crippen LogP contribution in [0.25, 0.3) is 0 Å². The summed E-state index contributed by atoms with van der Waals surface area (Å²) in [6, 6.07) is 6.98. The van der Waals surface area contributed by atoms with Crippen LogP contribution in [0.3, 0.4) is 0 Å². The average molecular weight is 341 g/mol. The van der Waals surface area contributed by atoms with E-state index >= 15 is 0 Å². The van der Waals surface area contributed by atoms with Crippen LogP contribution in [0, 0.1) is 0 Å². The van der Waals surface area contributed by atoms with Gasteiger partial charge in [-0.25, -0.2) is 4.79 Å². The minimum Gasteiger partial charge on any atom is -0.444 e. The Labute approximate surface area is 142 Å². The van der Waals surface area contributed by atoms with Gasteiger partial charge in [0.25, 0.3) is 0 Å². The standard InChI is InChI=1S/C17H25ClN2O3/c1-12(19-16(22)23-17(2,3)4)11-20(5)15(21)10-13-6-8-14(18)9-7-13/h6-9,12H,10-11H2,1-5H3,(H,19,22)/t12-/m0/s1. The third kappa shape index (κ3) is 7.88. The first-order valence-electron chi connectivity index (χ1n) is 7.55. The van der Waals surface area contributed by atoms with Crippen molar-refractivity contribution < 1.29 is 14.3 Å². The molecule has 2 amide bonds. The monoisotopic (exact) mass is 340 g/mol. The van der Waals surface area contributed by atoms with Crippen molar-refractivity contribution >= 4 is 23.6 Å². The van der Waals surface area contributed by atoms with Crippen LogP contribution in [0.2, 0.25) is 5.02 Å². The molecular weight excluding hydrogens is 316 g/mol. The molecule has 0 aliphatic rings. The number of carbonyl (C=O) groups excluding carboxylic acids is 2. The Balaban J connectivity index is 2.44. The number of rotatable bonds is 5. The second-order valence-corrected chi connectivity index (χ2v) is 7.06. The zero-order chi connectivity index (χ0) is 17.6. The van der Waals surface area contributed by atoms with Crippen molar-refractivity contribution in [3.05, 3.63) is 34.9 Å². The van der Waals surface area contributed by atoms with Gasteiger partial charge in [0.05, 0.1) is 6.42 Å². The Morgan fingerprint density at radius 3 is 2.35 bits per heavy atom. The van der Waals surface area contributed by atoms with Crippen molar-refractivity contribution in [2.45, 2.75) is 45.8 Å². The molecule has 0 fully saturated rings. The molecule has 1 aromatic carbocycles. The fourth-order valence-electron chi connectivity index (χ4n) is 1.98. The summed E-state index contributed by atoms with van der Waals surface area (Å²) in [7, 11) is 1.71. The van der Waals surface area contributed by atoms with E-state index in [1.54, 1.807) is 44.9 Å². The molecule has 1 rings (SSSR count). The van der Waals surface area contributed by atoms with Crippen LogP contribution in [-0.2, 0) is 16.0 Å². The molecule has 128 valence electrons.